The third kappa shape index (κ3) is 5.28. The lowest BCUT2D eigenvalue weighted by molar-refractivity contribution is 0.0951. The molecule has 0 saturated carbocycles. The van der Waals surface area contributed by atoms with Crippen LogP contribution in [0, 0.1) is 5.82 Å². The second-order valence-corrected chi connectivity index (χ2v) is 8.33. The smallest absolute Gasteiger partial charge is 0.255 e. The van der Waals surface area contributed by atoms with Crippen LogP contribution >= 0.6 is 11.6 Å². The van der Waals surface area contributed by atoms with Crippen LogP contribution in [0.4, 0.5) is 4.39 Å². The van der Waals surface area contributed by atoms with Crippen molar-refractivity contribution in [2.45, 2.75) is 13.1 Å². The van der Waals surface area contributed by atoms with Crippen molar-refractivity contribution in [3.63, 3.8) is 0 Å². The van der Waals surface area contributed by atoms with Gasteiger partial charge in [0.15, 0.2) is 0 Å². The monoisotopic (exact) mass is 486 g/mol. The largest absolute Gasteiger partial charge is 0.346 e. The van der Waals surface area contributed by atoms with Gasteiger partial charge in [0, 0.05) is 16.8 Å². The number of carbonyl (C=O) groups excluding carboxylic acids is 1. The SMILES string of the molecule is O=C(NCc1cn(Cc2ccc(F)cc2)nn1)c1cn(-c2ccccc2)nc1-c1ccc(Cl)cc1. The molecule has 0 aliphatic rings. The zero-order chi connectivity index (χ0) is 24.2. The fraction of sp³-hybridized carbons (Fsp3) is 0.0769. The fourth-order valence-electron chi connectivity index (χ4n) is 3.61. The minimum absolute atomic E-state index is 0.193. The molecule has 174 valence electrons. The number of halogens is 2. The van der Waals surface area contributed by atoms with Gasteiger partial charge in [-0.1, -0.05) is 59.3 Å². The van der Waals surface area contributed by atoms with Crippen LogP contribution in [0.5, 0.6) is 0 Å². The van der Waals surface area contributed by atoms with Crippen LogP contribution in [-0.4, -0.2) is 30.7 Å². The summed E-state index contributed by atoms with van der Waals surface area (Å²) in [6, 6.07) is 23.0. The molecule has 5 aromatic rings. The number of nitrogens with one attached hydrogen (secondary N) is 1. The predicted octanol–water partition coefficient (Wildman–Crippen LogP) is 4.90. The van der Waals surface area contributed by atoms with Crippen LogP contribution in [0.2, 0.25) is 5.02 Å². The number of carbonyl (C=O) groups is 1. The highest BCUT2D eigenvalue weighted by atomic mass is 35.5. The fourth-order valence-corrected chi connectivity index (χ4v) is 3.74. The summed E-state index contributed by atoms with van der Waals surface area (Å²) in [4.78, 5) is 13.2. The molecule has 0 aliphatic heterocycles. The summed E-state index contributed by atoms with van der Waals surface area (Å²) in [5.74, 6) is -0.575. The Morgan fingerprint density at radius 1 is 0.943 bits per heavy atom. The van der Waals surface area contributed by atoms with E-state index in [9.17, 15) is 9.18 Å². The first kappa shape index (κ1) is 22.5. The molecule has 3 aromatic carbocycles. The molecule has 0 saturated heterocycles. The molecular weight excluding hydrogens is 467 g/mol. The van der Waals surface area contributed by atoms with E-state index in [4.69, 9.17) is 11.6 Å². The van der Waals surface area contributed by atoms with E-state index in [1.165, 1.54) is 12.1 Å². The lowest BCUT2D eigenvalue weighted by atomic mass is 10.1. The van der Waals surface area contributed by atoms with Crippen LogP contribution in [0.3, 0.4) is 0 Å². The van der Waals surface area contributed by atoms with Crippen LogP contribution in [0.15, 0.2) is 91.3 Å². The van der Waals surface area contributed by atoms with E-state index < -0.39 is 0 Å². The molecule has 2 aromatic heterocycles. The molecule has 0 spiro atoms. The molecule has 2 heterocycles. The minimum Gasteiger partial charge on any atom is -0.346 e. The number of hydrogen-bond acceptors (Lipinski definition) is 4. The van der Waals surface area contributed by atoms with Gasteiger partial charge in [0.2, 0.25) is 0 Å². The maximum Gasteiger partial charge on any atom is 0.255 e. The Labute approximate surface area is 205 Å². The van der Waals surface area contributed by atoms with Gasteiger partial charge < -0.3 is 5.32 Å². The zero-order valence-electron chi connectivity index (χ0n) is 18.5. The number of benzene rings is 3. The first-order valence-electron chi connectivity index (χ1n) is 10.9. The Kier molecular flexibility index (Phi) is 6.36. The molecule has 9 heteroatoms. The van der Waals surface area contributed by atoms with E-state index in [1.807, 2.05) is 42.5 Å². The lowest BCUT2D eigenvalue weighted by Gasteiger charge is -2.04. The Hall–Kier alpha value is -4.30. The zero-order valence-corrected chi connectivity index (χ0v) is 19.2. The van der Waals surface area contributed by atoms with Gasteiger partial charge in [-0.15, -0.1) is 5.10 Å². The van der Waals surface area contributed by atoms with Gasteiger partial charge >= 0.3 is 0 Å². The standard InChI is InChI=1S/C26H20ClFN6O/c27-20-10-8-19(9-11-20)25-24(17-34(31-25)23-4-2-1-3-5-23)26(35)29-14-22-16-33(32-30-22)15-18-6-12-21(28)13-7-18/h1-13,16-17H,14-15H2,(H,29,35). The lowest BCUT2D eigenvalue weighted by Crippen LogP contribution is -2.23. The Balaban J connectivity index is 1.34. The molecule has 0 fully saturated rings. The maximum atomic E-state index is 13.2. The molecule has 0 aliphatic carbocycles. The molecule has 35 heavy (non-hydrogen) atoms. The van der Waals surface area contributed by atoms with Crippen molar-refractivity contribution >= 4 is 17.5 Å². The summed E-state index contributed by atoms with van der Waals surface area (Å²) in [7, 11) is 0. The molecule has 0 unspecified atom stereocenters. The van der Waals surface area contributed by atoms with Gasteiger partial charge in [-0.3, -0.25) is 4.79 Å². The maximum absolute atomic E-state index is 13.2. The Morgan fingerprint density at radius 2 is 1.69 bits per heavy atom. The van der Waals surface area contributed by atoms with E-state index in [0.717, 1.165) is 16.8 Å². The number of hydrogen-bond donors (Lipinski definition) is 1. The molecule has 5 rings (SSSR count). The normalized spacial score (nSPS) is 10.9. The molecule has 1 N–H and O–H groups in total. The molecule has 0 bridgehead atoms. The average Bonchev–Trinajstić information content (AvgIpc) is 3.53. The van der Waals surface area contributed by atoms with Crippen molar-refractivity contribution in [1.82, 2.24) is 30.1 Å². The predicted molar refractivity (Wildman–Crippen MR) is 131 cm³/mol. The van der Waals surface area contributed by atoms with Crippen LogP contribution in [0.1, 0.15) is 21.6 Å². The summed E-state index contributed by atoms with van der Waals surface area (Å²) >= 11 is 6.04. The van der Waals surface area contributed by atoms with Crippen molar-refractivity contribution in [3.8, 4) is 16.9 Å². The van der Waals surface area contributed by atoms with Gasteiger partial charge in [0.25, 0.3) is 5.91 Å². The van der Waals surface area contributed by atoms with Crippen molar-refractivity contribution in [2.75, 3.05) is 0 Å². The summed E-state index contributed by atoms with van der Waals surface area (Å²) in [5.41, 5.74) is 4.08. The molecule has 1 amide bonds. The minimum atomic E-state index is -0.288. The molecule has 7 nitrogen and oxygen atoms in total. The van der Waals surface area contributed by atoms with Crippen molar-refractivity contribution in [2.24, 2.45) is 0 Å². The van der Waals surface area contributed by atoms with E-state index in [0.29, 0.717) is 28.5 Å². The summed E-state index contributed by atoms with van der Waals surface area (Å²) < 4.78 is 16.4. The molecular formula is C26H20ClFN6O. The van der Waals surface area contributed by atoms with Crippen LogP contribution in [0.25, 0.3) is 16.9 Å². The topological polar surface area (TPSA) is 77.6 Å². The van der Waals surface area contributed by atoms with Gasteiger partial charge in [0.05, 0.1) is 30.5 Å². The molecule has 0 radical (unpaired) electrons. The van der Waals surface area contributed by atoms with E-state index in [1.54, 1.807) is 46.0 Å². The highest BCUT2D eigenvalue weighted by Crippen LogP contribution is 2.25. The Bertz CT molecular complexity index is 1450. The second-order valence-electron chi connectivity index (χ2n) is 7.89. The summed E-state index contributed by atoms with van der Waals surface area (Å²) in [6.07, 6.45) is 3.46. The van der Waals surface area contributed by atoms with Crippen molar-refractivity contribution in [3.05, 3.63) is 119 Å². The number of para-hydroxylation sites is 1. The van der Waals surface area contributed by atoms with Crippen LogP contribution < -0.4 is 5.32 Å². The highest BCUT2D eigenvalue weighted by Gasteiger charge is 2.19. The van der Waals surface area contributed by atoms with Crippen LogP contribution in [-0.2, 0) is 13.1 Å². The third-order valence-electron chi connectivity index (χ3n) is 5.37. The van der Waals surface area contributed by atoms with Crippen molar-refractivity contribution in [1.29, 1.82) is 0 Å². The summed E-state index contributed by atoms with van der Waals surface area (Å²) in [5, 5.41) is 16.4. The van der Waals surface area contributed by atoms with Gasteiger partial charge in [-0.2, -0.15) is 5.10 Å². The van der Waals surface area contributed by atoms with Gasteiger partial charge in [0.1, 0.15) is 17.2 Å². The Morgan fingerprint density at radius 3 is 2.43 bits per heavy atom. The number of nitrogens with zero attached hydrogens (tertiary/aromatic N) is 5. The van der Waals surface area contributed by atoms with Gasteiger partial charge in [-0.05, 0) is 42.0 Å². The van der Waals surface area contributed by atoms with E-state index in [2.05, 4.69) is 20.7 Å². The number of amides is 1. The number of aromatic nitrogens is 5. The first-order chi connectivity index (χ1) is 17.0. The van der Waals surface area contributed by atoms with E-state index >= 15 is 0 Å². The van der Waals surface area contributed by atoms with Gasteiger partial charge in [-0.25, -0.2) is 13.8 Å². The average molecular weight is 487 g/mol. The highest BCUT2D eigenvalue weighted by molar-refractivity contribution is 6.30. The van der Waals surface area contributed by atoms with E-state index in [-0.39, 0.29) is 18.3 Å². The summed E-state index contributed by atoms with van der Waals surface area (Å²) in [6.45, 7) is 0.643. The molecule has 0 atom stereocenters. The first-order valence-corrected chi connectivity index (χ1v) is 11.3. The second kappa shape index (κ2) is 9.90. The quantitative estimate of drug-likeness (QED) is 0.355. The third-order valence-corrected chi connectivity index (χ3v) is 5.62. The van der Waals surface area contributed by atoms with Crippen molar-refractivity contribution < 1.29 is 9.18 Å². The number of rotatable bonds is 7.